The lowest BCUT2D eigenvalue weighted by Crippen LogP contribution is -2.51. The standard InChI is InChI=1S/C23H34N4O2S/c1-7-22-21(15-20-14-17(4)8-9-18(20)5)23(25-19(6)24-22)26-10-12-27(13-11-26)30(28,29)16(2)3/h8-9,14,16H,7,10-13,15H2,1-6H3. The third-order valence-electron chi connectivity index (χ3n) is 5.88. The number of aryl methyl sites for hydroxylation is 4. The van der Waals surface area contributed by atoms with Gasteiger partial charge in [-0.25, -0.2) is 18.4 Å². The van der Waals surface area contributed by atoms with Gasteiger partial charge in [-0.05, 0) is 52.2 Å². The smallest absolute Gasteiger partial charge is 0.216 e. The third kappa shape index (κ3) is 4.67. The van der Waals surface area contributed by atoms with Crippen LogP contribution in [0.2, 0.25) is 0 Å². The molecule has 164 valence electrons. The molecule has 1 saturated heterocycles. The molecule has 1 fully saturated rings. The van der Waals surface area contributed by atoms with Crippen LogP contribution in [0.25, 0.3) is 0 Å². The van der Waals surface area contributed by atoms with Crippen LogP contribution in [0.4, 0.5) is 5.82 Å². The normalized spacial score (nSPS) is 15.8. The Hall–Kier alpha value is -1.99. The molecule has 0 N–H and O–H groups in total. The van der Waals surface area contributed by atoms with Crippen LogP contribution in [0.5, 0.6) is 0 Å². The molecular formula is C23H34N4O2S. The predicted molar refractivity (Wildman–Crippen MR) is 123 cm³/mol. The Morgan fingerprint density at radius 2 is 1.70 bits per heavy atom. The largest absolute Gasteiger partial charge is 0.354 e. The number of hydrogen-bond donors (Lipinski definition) is 0. The topological polar surface area (TPSA) is 66.4 Å². The molecule has 0 bridgehead atoms. The lowest BCUT2D eigenvalue weighted by molar-refractivity contribution is 0.379. The monoisotopic (exact) mass is 430 g/mol. The van der Waals surface area contributed by atoms with Crippen molar-refractivity contribution in [1.29, 1.82) is 0 Å². The van der Waals surface area contributed by atoms with E-state index >= 15 is 0 Å². The van der Waals surface area contributed by atoms with E-state index < -0.39 is 15.3 Å². The number of benzene rings is 1. The second-order valence-electron chi connectivity index (χ2n) is 8.46. The molecule has 0 aliphatic carbocycles. The summed E-state index contributed by atoms with van der Waals surface area (Å²) in [6.07, 6.45) is 1.63. The van der Waals surface area contributed by atoms with Gasteiger partial charge in [0.2, 0.25) is 10.0 Å². The summed E-state index contributed by atoms with van der Waals surface area (Å²) >= 11 is 0. The maximum Gasteiger partial charge on any atom is 0.216 e. The van der Waals surface area contributed by atoms with Crippen molar-refractivity contribution in [2.24, 2.45) is 0 Å². The first-order chi connectivity index (χ1) is 14.1. The summed E-state index contributed by atoms with van der Waals surface area (Å²) < 4.78 is 26.7. The molecule has 1 aromatic carbocycles. The highest BCUT2D eigenvalue weighted by atomic mass is 32.2. The van der Waals surface area contributed by atoms with Gasteiger partial charge in [-0.1, -0.05) is 30.7 Å². The quantitative estimate of drug-likeness (QED) is 0.703. The molecule has 0 unspecified atom stereocenters. The van der Waals surface area contributed by atoms with Crippen molar-refractivity contribution in [1.82, 2.24) is 14.3 Å². The molecule has 1 aliphatic heterocycles. The molecule has 7 heteroatoms. The van der Waals surface area contributed by atoms with Crippen molar-refractivity contribution < 1.29 is 8.42 Å². The molecule has 0 amide bonds. The molecule has 3 rings (SSSR count). The van der Waals surface area contributed by atoms with E-state index in [2.05, 4.69) is 43.9 Å². The number of nitrogens with zero attached hydrogens (tertiary/aromatic N) is 4. The highest BCUT2D eigenvalue weighted by Gasteiger charge is 2.31. The van der Waals surface area contributed by atoms with Crippen molar-refractivity contribution in [3.05, 3.63) is 52.0 Å². The van der Waals surface area contributed by atoms with E-state index in [1.807, 2.05) is 6.92 Å². The Kier molecular flexibility index (Phi) is 6.82. The number of sulfonamides is 1. The summed E-state index contributed by atoms with van der Waals surface area (Å²) in [7, 11) is -3.22. The maximum atomic E-state index is 12.5. The minimum absolute atomic E-state index is 0.392. The molecule has 0 atom stereocenters. The molecule has 0 spiro atoms. The van der Waals surface area contributed by atoms with Gasteiger partial charge < -0.3 is 4.90 Å². The first kappa shape index (κ1) is 22.7. The highest BCUT2D eigenvalue weighted by Crippen LogP contribution is 2.28. The first-order valence-corrected chi connectivity index (χ1v) is 12.3. The maximum absolute atomic E-state index is 12.5. The van der Waals surface area contributed by atoms with Gasteiger partial charge >= 0.3 is 0 Å². The van der Waals surface area contributed by atoms with Gasteiger partial charge in [-0.3, -0.25) is 0 Å². The van der Waals surface area contributed by atoms with Crippen LogP contribution in [0.15, 0.2) is 18.2 Å². The number of hydrogen-bond acceptors (Lipinski definition) is 5. The average Bonchev–Trinajstić information content (AvgIpc) is 2.71. The molecular weight excluding hydrogens is 396 g/mol. The van der Waals surface area contributed by atoms with Crippen LogP contribution in [0, 0.1) is 20.8 Å². The van der Waals surface area contributed by atoms with Gasteiger partial charge in [-0.2, -0.15) is 4.31 Å². The lowest BCUT2D eigenvalue weighted by atomic mass is 9.96. The third-order valence-corrected chi connectivity index (χ3v) is 8.16. The molecule has 6 nitrogen and oxygen atoms in total. The van der Waals surface area contributed by atoms with E-state index in [-0.39, 0.29) is 0 Å². The number of rotatable bonds is 6. The summed E-state index contributed by atoms with van der Waals surface area (Å²) in [4.78, 5) is 11.8. The van der Waals surface area contributed by atoms with Crippen LogP contribution in [0.3, 0.4) is 0 Å². The lowest BCUT2D eigenvalue weighted by Gasteiger charge is -2.36. The molecule has 1 aromatic heterocycles. The minimum atomic E-state index is -3.22. The van der Waals surface area contributed by atoms with E-state index in [9.17, 15) is 8.42 Å². The van der Waals surface area contributed by atoms with E-state index in [4.69, 9.17) is 9.97 Å². The molecule has 30 heavy (non-hydrogen) atoms. The number of piperazine rings is 1. The van der Waals surface area contributed by atoms with Gasteiger partial charge in [0.25, 0.3) is 0 Å². The summed E-state index contributed by atoms with van der Waals surface area (Å²) in [5.74, 6) is 1.73. The van der Waals surface area contributed by atoms with Crippen LogP contribution in [-0.4, -0.2) is 54.1 Å². The van der Waals surface area contributed by atoms with Crippen LogP contribution in [-0.2, 0) is 22.9 Å². The van der Waals surface area contributed by atoms with Gasteiger partial charge in [0.05, 0.1) is 5.25 Å². The van der Waals surface area contributed by atoms with Crippen molar-refractivity contribution in [3.8, 4) is 0 Å². The SMILES string of the molecule is CCc1nc(C)nc(N2CCN(S(=O)(=O)C(C)C)CC2)c1Cc1cc(C)ccc1C. The Bertz CT molecular complexity index is 1010. The first-order valence-electron chi connectivity index (χ1n) is 10.8. The Balaban J connectivity index is 1.94. The van der Waals surface area contributed by atoms with E-state index in [1.54, 1.807) is 18.2 Å². The van der Waals surface area contributed by atoms with Crippen molar-refractivity contribution in [3.63, 3.8) is 0 Å². The fourth-order valence-corrected chi connectivity index (χ4v) is 5.27. The fourth-order valence-electron chi connectivity index (χ4n) is 4.01. The van der Waals surface area contributed by atoms with Crippen LogP contribution < -0.4 is 4.90 Å². The highest BCUT2D eigenvalue weighted by molar-refractivity contribution is 7.89. The van der Waals surface area contributed by atoms with Gasteiger partial charge in [0.1, 0.15) is 11.6 Å². The Morgan fingerprint density at radius 1 is 1.03 bits per heavy atom. The zero-order valence-electron chi connectivity index (χ0n) is 19.1. The Labute approximate surface area is 181 Å². The zero-order chi connectivity index (χ0) is 22.1. The molecule has 2 aromatic rings. The second-order valence-corrected chi connectivity index (χ2v) is 10.9. The molecule has 2 heterocycles. The Morgan fingerprint density at radius 3 is 2.30 bits per heavy atom. The van der Waals surface area contributed by atoms with E-state index in [1.165, 1.54) is 16.7 Å². The predicted octanol–water partition coefficient (Wildman–Crippen LogP) is 3.42. The number of aromatic nitrogens is 2. The van der Waals surface area contributed by atoms with Gasteiger partial charge in [-0.15, -0.1) is 0 Å². The molecule has 0 radical (unpaired) electrons. The summed E-state index contributed by atoms with van der Waals surface area (Å²) in [6, 6.07) is 6.55. The molecule has 0 saturated carbocycles. The number of anilines is 1. The van der Waals surface area contributed by atoms with Crippen LogP contribution >= 0.6 is 0 Å². The summed E-state index contributed by atoms with van der Waals surface area (Å²) in [5, 5.41) is -0.392. The average molecular weight is 431 g/mol. The van der Waals surface area contributed by atoms with Crippen molar-refractivity contribution >= 4 is 15.8 Å². The van der Waals surface area contributed by atoms with Crippen molar-refractivity contribution in [2.75, 3.05) is 31.1 Å². The summed E-state index contributed by atoms with van der Waals surface area (Å²) in [5.41, 5.74) is 6.05. The van der Waals surface area contributed by atoms with Crippen LogP contribution in [0.1, 0.15) is 54.5 Å². The fraction of sp³-hybridized carbons (Fsp3) is 0.565. The minimum Gasteiger partial charge on any atom is -0.354 e. The zero-order valence-corrected chi connectivity index (χ0v) is 19.9. The molecule has 1 aliphatic rings. The van der Waals surface area contributed by atoms with Gasteiger partial charge in [0.15, 0.2) is 0 Å². The summed E-state index contributed by atoms with van der Waals surface area (Å²) in [6.45, 7) is 14.1. The van der Waals surface area contributed by atoms with Gasteiger partial charge in [0, 0.05) is 43.9 Å². The van der Waals surface area contributed by atoms with Crippen molar-refractivity contribution in [2.45, 2.75) is 59.6 Å². The second kappa shape index (κ2) is 9.02. The van der Waals surface area contributed by atoms with E-state index in [0.717, 1.165) is 35.7 Å². The van der Waals surface area contributed by atoms with E-state index in [0.29, 0.717) is 26.2 Å².